The van der Waals surface area contributed by atoms with E-state index >= 15 is 0 Å². The highest BCUT2D eigenvalue weighted by Gasteiger charge is 2.06. The second-order valence-electron chi connectivity index (χ2n) is 3.19. The van der Waals surface area contributed by atoms with Gasteiger partial charge in [-0.3, -0.25) is 4.79 Å². The molecule has 0 aliphatic heterocycles. The number of benzene rings is 1. The maximum atomic E-state index is 10.8. The predicted molar refractivity (Wildman–Crippen MR) is 60.8 cm³/mol. The van der Waals surface area contributed by atoms with Crippen LogP contribution in [0.5, 0.6) is 11.5 Å². The fourth-order valence-electron chi connectivity index (χ4n) is 1.29. The largest absolute Gasteiger partial charge is 0.504 e. The molecule has 0 aliphatic rings. The molecule has 0 saturated carbocycles. The third kappa shape index (κ3) is 2.84. The first-order chi connectivity index (χ1) is 7.72. The zero-order valence-electron chi connectivity index (χ0n) is 9.01. The van der Waals surface area contributed by atoms with E-state index in [1.807, 2.05) is 0 Å². The van der Waals surface area contributed by atoms with Gasteiger partial charge in [0.1, 0.15) is 0 Å². The summed E-state index contributed by atoms with van der Waals surface area (Å²) >= 11 is 0. The Balaban J connectivity index is 3.09. The highest BCUT2D eigenvalue weighted by atomic mass is 16.5. The van der Waals surface area contributed by atoms with Crippen LogP contribution in [0.15, 0.2) is 18.2 Å². The van der Waals surface area contributed by atoms with Crippen LogP contribution in [-0.4, -0.2) is 30.2 Å². The molecular weight excluding hydrogens is 208 g/mol. The second kappa shape index (κ2) is 5.92. The summed E-state index contributed by atoms with van der Waals surface area (Å²) in [5.41, 5.74) is 1.03. The molecule has 4 heteroatoms. The molecule has 1 rings (SSSR count). The van der Waals surface area contributed by atoms with E-state index in [1.165, 1.54) is 13.2 Å². The quantitative estimate of drug-likeness (QED) is 0.743. The highest BCUT2D eigenvalue weighted by molar-refractivity contribution is 5.83. The van der Waals surface area contributed by atoms with E-state index in [0.29, 0.717) is 29.6 Å². The summed E-state index contributed by atoms with van der Waals surface area (Å²) < 4.78 is 4.94. The number of carbonyl (C=O) groups is 1. The minimum Gasteiger partial charge on any atom is -0.504 e. The fraction of sp³-hybridized carbons (Fsp3) is 0.250. The van der Waals surface area contributed by atoms with Crippen LogP contribution < -0.4 is 4.74 Å². The number of phenolic OH excluding ortho intramolecular Hbond substituents is 1. The van der Waals surface area contributed by atoms with E-state index in [9.17, 15) is 9.90 Å². The number of aliphatic hydroxyl groups is 1. The summed E-state index contributed by atoms with van der Waals surface area (Å²) in [4.78, 5) is 10.8. The average Bonchev–Trinajstić information content (AvgIpc) is 2.30. The predicted octanol–water partition coefficient (Wildman–Crippen LogP) is 1.61. The Morgan fingerprint density at radius 2 is 2.12 bits per heavy atom. The molecule has 0 saturated heterocycles. The Hall–Kier alpha value is -1.81. The molecule has 0 atom stereocenters. The van der Waals surface area contributed by atoms with Gasteiger partial charge in [0.2, 0.25) is 0 Å². The van der Waals surface area contributed by atoms with E-state index in [-0.39, 0.29) is 12.4 Å². The van der Waals surface area contributed by atoms with Gasteiger partial charge < -0.3 is 14.9 Å². The number of rotatable bonds is 5. The molecule has 0 bridgehead atoms. The summed E-state index contributed by atoms with van der Waals surface area (Å²) in [5.74, 6) is 0.248. The number of aldehydes is 1. The molecule has 0 heterocycles. The molecule has 0 amide bonds. The molecule has 0 unspecified atom stereocenters. The molecule has 0 aromatic heterocycles. The van der Waals surface area contributed by atoms with Gasteiger partial charge >= 0.3 is 0 Å². The third-order valence-corrected chi connectivity index (χ3v) is 2.10. The van der Waals surface area contributed by atoms with Crippen LogP contribution in [0, 0.1) is 0 Å². The lowest BCUT2D eigenvalue weighted by Gasteiger charge is -2.06. The molecular formula is C12H14O4. The van der Waals surface area contributed by atoms with Gasteiger partial charge in [0.05, 0.1) is 7.11 Å². The molecule has 0 aliphatic carbocycles. The van der Waals surface area contributed by atoms with Crippen molar-refractivity contribution < 1.29 is 19.7 Å². The molecule has 1 aromatic carbocycles. The Kier molecular flexibility index (Phi) is 4.54. The average molecular weight is 222 g/mol. The normalized spacial score (nSPS) is 10.6. The smallest absolute Gasteiger partial charge is 0.161 e. The number of aliphatic hydroxyl groups excluding tert-OH is 1. The lowest BCUT2D eigenvalue weighted by molar-refractivity contribution is 0.112. The minimum atomic E-state index is -0.0658. The lowest BCUT2D eigenvalue weighted by Crippen LogP contribution is -1.90. The van der Waals surface area contributed by atoms with Crippen molar-refractivity contribution in [3.63, 3.8) is 0 Å². The molecule has 0 spiro atoms. The van der Waals surface area contributed by atoms with Gasteiger partial charge in [-0.2, -0.15) is 0 Å². The van der Waals surface area contributed by atoms with Crippen LogP contribution >= 0.6 is 0 Å². The topological polar surface area (TPSA) is 66.8 Å². The van der Waals surface area contributed by atoms with E-state index in [1.54, 1.807) is 18.2 Å². The first kappa shape index (κ1) is 12.3. The summed E-state index contributed by atoms with van der Waals surface area (Å²) in [7, 11) is 1.44. The Bertz CT molecular complexity index is 396. The number of aromatic hydroxyl groups is 1. The maximum Gasteiger partial charge on any atom is 0.161 e. The van der Waals surface area contributed by atoms with Crippen molar-refractivity contribution in [3.8, 4) is 11.5 Å². The standard InChI is InChI=1S/C12H14O4/c1-16-12-7-9(4-2-3-5-13)10(8-14)6-11(12)15/h2,4,6-8,13,15H,3,5H2,1H3. The van der Waals surface area contributed by atoms with Crippen LogP contribution in [0.25, 0.3) is 6.08 Å². The van der Waals surface area contributed by atoms with Gasteiger partial charge in [-0.05, 0) is 24.1 Å². The number of phenols is 1. The maximum absolute atomic E-state index is 10.8. The lowest BCUT2D eigenvalue weighted by atomic mass is 10.1. The Labute approximate surface area is 93.8 Å². The SMILES string of the molecule is COc1cc(C=CCCO)c(C=O)cc1O. The van der Waals surface area contributed by atoms with Crippen LogP contribution in [0.2, 0.25) is 0 Å². The number of hydrogen-bond acceptors (Lipinski definition) is 4. The van der Waals surface area contributed by atoms with E-state index < -0.39 is 0 Å². The Morgan fingerprint density at radius 1 is 1.38 bits per heavy atom. The van der Waals surface area contributed by atoms with Crippen molar-refractivity contribution in [3.05, 3.63) is 29.3 Å². The van der Waals surface area contributed by atoms with Gasteiger partial charge in [-0.1, -0.05) is 12.2 Å². The summed E-state index contributed by atoms with van der Waals surface area (Å²) in [6, 6.07) is 2.93. The molecule has 0 fully saturated rings. The molecule has 0 radical (unpaired) electrons. The first-order valence-corrected chi connectivity index (χ1v) is 4.86. The van der Waals surface area contributed by atoms with Gasteiger partial charge in [0.25, 0.3) is 0 Å². The zero-order valence-corrected chi connectivity index (χ0v) is 9.01. The third-order valence-electron chi connectivity index (χ3n) is 2.10. The zero-order chi connectivity index (χ0) is 12.0. The molecule has 86 valence electrons. The van der Waals surface area contributed by atoms with Crippen LogP contribution in [0.4, 0.5) is 0 Å². The van der Waals surface area contributed by atoms with Crippen molar-refractivity contribution in [1.29, 1.82) is 0 Å². The number of methoxy groups -OCH3 is 1. The van der Waals surface area contributed by atoms with Crippen LogP contribution in [0.3, 0.4) is 0 Å². The summed E-state index contributed by atoms with van der Waals surface area (Å²) in [6.45, 7) is 0.0577. The summed E-state index contributed by atoms with van der Waals surface area (Å²) in [5, 5.41) is 18.1. The van der Waals surface area contributed by atoms with Gasteiger partial charge in [0, 0.05) is 12.2 Å². The van der Waals surface area contributed by atoms with Crippen molar-refractivity contribution in [2.24, 2.45) is 0 Å². The minimum absolute atomic E-state index is 0.0577. The summed E-state index contributed by atoms with van der Waals surface area (Å²) in [6.07, 6.45) is 4.64. The molecule has 4 nitrogen and oxygen atoms in total. The van der Waals surface area contributed by atoms with Gasteiger partial charge in [-0.15, -0.1) is 0 Å². The van der Waals surface area contributed by atoms with Gasteiger partial charge in [-0.25, -0.2) is 0 Å². The van der Waals surface area contributed by atoms with Crippen molar-refractivity contribution >= 4 is 12.4 Å². The first-order valence-electron chi connectivity index (χ1n) is 4.86. The monoisotopic (exact) mass is 222 g/mol. The van der Waals surface area contributed by atoms with Gasteiger partial charge in [0.15, 0.2) is 17.8 Å². The van der Waals surface area contributed by atoms with E-state index in [4.69, 9.17) is 9.84 Å². The molecule has 16 heavy (non-hydrogen) atoms. The van der Waals surface area contributed by atoms with Crippen LogP contribution in [0.1, 0.15) is 22.3 Å². The van der Waals surface area contributed by atoms with E-state index in [2.05, 4.69) is 0 Å². The van der Waals surface area contributed by atoms with Crippen LogP contribution in [-0.2, 0) is 0 Å². The second-order valence-corrected chi connectivity index (χ2v) is 3.19. The molecule has 1 aromatic rings. The van der Waals surface area contributed by atoms with Crippen molar-refractivity contribution in [2.45, 2.75) is 6.42 Å². The highest BCUT2D eigenvalue weighted by Crippen LogP contribution is 2.29. The number of carbonyl (C=O) groups excluding carboxylic acids is 1. The number of ether oxygens (including phenoxy) is 1. The Morgan fingerprint density at radius 3 is 2.69 bits per heavy atom. The number of hydrogen-bond donors (Lipinski definition) is 2. The van der Waals surface area contributed by atoms with E-state index in [0.717, 1.165) is 0 Å². The fourth-order valence-corrected chi connectivity index (χ4v) is 1.29. The molecule has 2 N–H and O–H groups in total. The van der Waals surface area contributed by atoms with Crippen molar-refractivity contribution in [2.75, 3.05) is 13.7 Å². The van der Waals surface area contributed by atoms with Crippen molar-refractivity contribution in [1.82, 2.24) is 0 Å².